The van der Waals surface area contributed by atoms with Gasteiger partial charge >= 0.3 is 0 Å². The molecule has 5 atom stereocenters. The first-order chi connectivity index (χ1) is 24.5. The summed E-state index contributed by atoms with van der Waals surface area (Å²) in [6.07, 6.45) is 1.92. The molecule has 0 spiro atoms. The van der Waals surface area contributed by atoms with E-state index in [0.29, 0.717) is 54.5 Å². The van der Waals surface area contributed by atoms with Gasteiger partial charge in [0.25, 0.3) is 0 Å². The molecule has 0 saturated carbocycles. The van der Waals surface area contributed by atoms with Gasteiger partial charge < -0.3 is 59.3 Å². The minimum Gasteiger partial charge on any atom is -0.508 e. The maximum atomic E-state index is 14.4. The number of amides is 5. The van der Waals surface area contributed by atoms with E-state index in [0.717, 1.165) is 0 Å². The molecule has 2 aliphatic heterocycles. The van der Waals surface area contributed by atoms with Gasteiger partial charge in [-0.25, -0.2) is 0 Å². The van der Waals surface area contributed by atoms with Crippen molar-refractivity contribution in [2.75, 3.05) is 32.7 Å². The molecule has 2 aromatic carbocycles. The number of likely N-dealkylation sites (tertiary alicyclic amines) is 1. The Bertz CT molecular complexity index is 1570. The number of phenolic OH excluding ortho intramolecular Hbond substituents is 2. The minimum absolute atomic E-state index is 0. The number of aromatic hydroxyl groups is 2. The van der Waals surface area contributed by atoms with Crippen molar-refractivity contribution < 1.29 is 34.2 Å². The van der Waals surface area contributed by atoms with Gasteiger partial charge in [-0.05, 0) is 98.1 Å². The highest BCUT2D eigenvalue weighted by Crippen LogP contribution is 2.31. The predicted octanol–water partition coefficient (Wildman–Crippen LogP) is -1.18. The second-order valence-electron chi connectivity index (χ2n) is 13.0. The molecule has 52 heavy (non-hydrogen) atoms. The van der Waals surface area contributed by atoms with Crippen molar-refractivity contribution in [1.29, 1.82) is 0 Å². The monoisotopic (exact) mass is 725 g/mol. The van der Waals surface area contributed by atoms with Crippen molar-refractivity contribution in [3.63, 3.8) is 0 Å². The maximum Gasteiger partial charge on any atom is 0.246 e. The van der Waals surface area contributed by atoms with E-state index in [2.05, 4.69) is 21.3 Å². The number of nitrogens with zero attached hydrogens (tertiary/aromatic N) is 1. The van der Waals surface area contributed by atoms with E-state index >= 15 is 0 Å². The molecular formula is C36H55N9O7. The largest absolute Gasteiger partial charge is 0.508 e. The summed E-state index contributed by atoms with van der Waals surface area (Å²) in [6, 6.07) is 4.37. The third-order valence-corrected chi connectivity index (χ3v) is 9.25. The first kappa shape index (κ1) is 41.6. The topological polar surface area (TPSA) is 281 Å². The normalized spacial score (nSPS) is 21.0. The van der Waals surface area contributed by atoms with Crippen LogP contribution in [0.15, 0.2) is 36.4 Å². The average molecular weight is 726 g/mol. The SMILES string of the molecule is C.NCCC[C@@H]1NC(=O)[C@@H](N)Cc2cc(ccc2O)-c2ccc(O)c(c2)C[C@@H](C(=O)N2CCC[C@H]2C(=O)N[C@@H](CCCN)C(=O)NCCN)NC1=O. The molecule has 0 aromatic heterocycles. The molecule has 0 radical (unpaired) electrons. The van der Waals surface area contributed by atoms with Gasteiger partial charge in [0, 0.05) is 32.5 Å². The van der Waals surface area contributed by atoms with E-state index in [-0.39, 0.29) is 70.8 Å². The summed E-state index contributed by atoms with van der Waals surface area (Å²) in [5.74, 6) is -2.99. The Balaban J connectivity index is 0.00000729. The quantitative estimate of drug-likeness (QED) is 0.124. The molecule has 286 valence electrons. The number of benzene rings is 2. The lowest BCUT2D eigenvalue weighted by molar-refractivity contribution is -0.142. The third kappa shape index (κ3) is 10.6. The van der Waals surface area contributed by atoms with Gasteiger partial charge in [-0.2, -0.15) is 0 Å². The van der Waals surface area contributed by atoms with Crippen molar-refractivity contribution in [2.45, 2.75) is 89.0 Å². The molecule has 16 nitrogen and oxygen atoms in total. The smallest absolute Gasteiger partial charge is 0.246 e. The van der Waals surface area contributed by atoms with E-state index in [1.165, 1.54) is 17.0 Å². The van der Waals surface area contributed by atoms with Crippen LogP contribution in [0, 0.1) is 0 Å². The standard InChI is InChI=1S/C35H51N9O7.CH4/c36-11-1-4-25(32(48)40-14-13-38)42-34(50)28-6-3-15-44(28)35(51)27-19-23-17-21(8-10-30(23)46)20-7-9-29(45)22(16-20)18-24(39)31(47)41-26(5-2-12-37)33(49)43-27;/h7-10,16-17,24-28,45-46H,1-6,11-15,18-19,36-39H2,(H,40,48)(H,41,47)(H,42,50)(H,43,49);1H4/t24-,25-,26-,27-,28-;/m0./s1. The molecule has 14 N–H and O–H groups in total. The fourth-order valence-electron chi connectivity index (χ4n) is 6.43. The number of nitrogens with two attached hydrogens (primary N) is 4. The average Bonchev–Trinajstić information content (AvgIpc) is 3.61. The Morgan fingerprint density at radius 1 is 0.885 bits per heavy atom. The summed E-state index contributed by atoms with van der Waals surface area (Å²) < 4.78 is 0. The van der Waals surface area contributed by atoms with E-state index in [1.54, 1.807) is 24.3 Å². The molecule has 0 unspecified atom stereocenters. The molecule has 2 heterocycles. The number of carbonyl (C=O) groups is 5. The Kier molecular flexibility index (Phi) is 15.8. The molecule has 5 amide bonds. The zero-order valence-electron chi connectivity index (χ0n) is 28.7. The summed E-state index contributed by atoms with van der Waals surface area (Å²) >= 11 is 0. The van der Waals surface area contributed by atoms with Gasteiger partial charge in [0.05, 0.1) is 6.04 Å². The molecule has 4 bridgehead atoms. The maximum absolute atomic E-state index is 14.4. The van der Waals surface area contributed by atoms with Crippen molar-refractivity contribution in [1.82, 2.24) is 26.2 Å². The first-order valence-electron chi connectivity index (χ1n) is 17.5. The summed E-state index contributed by atoms with van der Waals surface area (Å²) in [4.78, 5) is 69.3. The van der Waals surface area contributed by atoms with Gasteiger partial charge in [0.15, 0.2) is 0 Å². The Hall–Kier alpha value is -4.77. The van der Waals surface area contributed by atoms with Crippen LogP contribution in [-0.4, -0.2) is 108 Å². The molecule has 0 aliphatic carbocycles. The fraction of sp³-hybridized carbons (Fsp3) is 0.528. The van der Waals surface area contributed by atoms with Crippen LogP contribution in [-0.2, 0) is 36.8 Å². The predicted molar refractivity (Wildman–Crippen MR) is 196 cm³/mol. The number of fused-ring (bicyclic) bond motifs is 5. The molecule has 1 saturated heterocycles. The highest BCUT2D eigenvalue weighted by molar-refractivity contribution is 5.96. The second-order valence-corrected chi connectivity index (χ2v) is 13.0. The van der Waals surface area contributed by atoms with Crippen LogP contribution in [0.3, 0.4) is 0 Å². The number of nitrogens with one attached hydrogen (secondary N) is 4. The number of rotatable bonds is 12. The lowest BCUT2D eigenvalue weighted by Crippen LogP contribution is -2.59. The van der Waals surface area contributed by atoms with Crippen LogP contribution in [0.4, 0.5) is 0 Å². The summed E-state index contributed by atoms with van der Waals surface area (Å²) in [7, 11) is 0. The van der Waals surface area contributed by atoms with Crippen LogP contribution >= 0.6 is 0 Å². The van der Waals surface area contributed by atoms with Gasteiger partial charge in [0.2, 0.25) is 29.5 Å². The zero-order chi connectivity index (χ0) is 37.1. The molecular weight excluding hydrogens is 670 g/mol. The number of phenols is 2. The van der Waals surface area contributed by atoms with Crippen LogP contribution in [0.5, 0.6) is 11.5 Å². The minimum atomic E-state index is -1.26. The van der Waals surface area contributed by atoms with E-state index in [1.807, 2.05) is 0 Å². The molecule has 16 heteroatoms. The number of hydrogen-bond acceptors (Lipinski definition) is 11. The summed E-state index contributed by atoms with van der Waals surface area (Å²) in [5.41, 5.74) is 25.2. The zero-order valence-corrected chi connectivity index (χ0v) is 28.7. The van der Waals surface area contributed by atoms with Crippen molar-refractivity contribution in [2.24, 2.45) is 22.9 Å². The second kappa shape index (κ2) is 19.7. The highest BCUT2D eigenvalue weighted by Gasteiger charge is 2.40. The van der Waals surface area contributed by atoms with E-state index < -0.39 is 59.7 Å². The van der Waals surface area contributed by atoms with Crippen LogP contribution in [0.1, 0.15) is 57.1 Å². The van der Waals surface area contributed by atoms with Gasteiger partial charge in [-0.1, -0.05) is 19.6 Å². The Morgan fingerprint density at radius 2 is 1.52 bits per heavy atom. The van der Waals surface area contributed by atoms with Crippen LogP contribution in [0.25, 0.3) is 11.1 Å². The Morgan fingerprint density at radius 3 is 2.13 bits per heavy atom. The fourth-order valence-corrected chi connectivity index (χ4v) is 6.43. The molecule has 1 fully saturated rings. The van der Waals surface area contributed by atoms with Crippen molar-refractivity contribution in [3.8, 4) is 22.6 Å². The molecule has 2 aromatic rings. The lowest BCUT2D eigenvalue weighted by Gasteiger charge is -2.31. The lowest BCUT2D eigenvalue weighted by atomic mass is 9.95. The van der Waals surface area contributed by atoms with Crippen LogP contribution < -0.4 is 44.2 Å². The van der Waals surface area contributed by atoms with Crippen molar-refractivity contribution >= 4 is 29.5 Å². The van der Waals surface area contributed by atoms with E-state index in [9.17, 15) is 34.2 Å². The van der Waals surface area contributed by atoms with Crippen LogP contribution in [0.2, 0.25) is 0 Å². The van der Waals surface area contributed by atoms with E-state index in [4.69, 9.17) is 22.9 Å². The molecule has 2 aliphatic rings. The summed E-state index contributed by atoms with van der Waals surface area (Å²) in [6.45, 7) is 1.20. The van der Waals surface area contributed by atoms with Gasteiger partial charge in [-0.3, -0.25) is 24.0 Å². The Labute approximate surface area is 304 Å². The molecule has 4 rings (SSSR count). The number of carbonyl (C=O) groups excluding carboxylic acids is 5. The van der Waals surface area contributed by atoms with Crippen molar-refractivity contribution in [3.05, 3.63) is 47.5 Å². The van der Waals surface area contributed by atoms with Gasteiger partial charge in [0.1, 0.15) is 35.7 Å². The highest BCUT2D eigenvalue weighted by atomic mass is 16.3. The third-order valence-electron chi connectivity index (χ3n) is 9.25. The summed E-state index contributed by atoms with van der Waals surface area (Å²) in [5, 5.41) is 32.4. The first-order valence-corrected chi connectivity index (χ1v) is 17.5. The van der Waals surface area contributed by atoms with Gasteiger partial charge in [-0.15, -0.1) is 0 Å². The number of hydrogen-bond donors (Lipinski definition) is 10.